The van der Waals surface area contributed by atoms with Crippen LogP contribution in [-0.2, 0) is 21.3 Å². The molecule has 1 unspecified atom stereocenters. The molecule has 1 aromatic heterocycles. The molecule has 0 aliphatic rings. The van der Waals surface area contributed by atoms with Crippen LogP contribution in [0.15, 0.2) is 16.5 Å². The van der Waals surface area contributed by atoms with E-state index in [-0.39, 0.29) is 23.0 Å². The van der Waals surface area contributed by atoms with Crippen molar-refractivity contribution in [3.8, 4) is 0 Å². The third kappa shape index (κ3) is 3.67. The molecular formula is C9H10O5S. The minimum atomic E-state index is -1.34. The number of carboxylic acids is 1. The van der Waals surface area contributed by atoms with Crippen LogP contribution in [0, 0.1) is 0 Å². The lowest BCUT2D eigenvalue weighted by Crippen LogP contribution is -2.07. The van der Waals surface area contributed by atoms with Crippen molar-refractivity contribution in [1.82, 2.24) is 0 Å². The van der Waals surface area contributed by atoms with Gasteiger partial charge < -0.3 is 9.52 Å². The van der Waals surface area contributed by atoms with E-state index in [1.807, 2.05) is 0 Å². The van der Waals surface area contributed by atoms with Crippen molar-refractivity contribution in [1.29, 1.82) is 0 Å². The average Bonchev–Trinajstić information content (AvgIpc) is 2.50. The summed E-state index contributed by atoms with van der Waals surface area (Å²) in [4.78, 5) is 21.1. The topological polar surface area (TPSA) is 84.6 Å². The van der Waals surface area contributed by atoms with Gasteiger partial charge in [0.2, 0.25) is 5.76 Å². The van der Waals surface area contributed by atoms with Gasteiger partial charge in [-0.25, -0.2) is 4.79 Å². The molecule has 1 aromatic rings. The average molecular weight is 230 g/mol. The lowest BCUT2D eigenvalue weighted by atomic mass is 10.4. The molecule has 82 valence electrons. The molecule has 1 N–H and O–H groups in total. The standard InChI is InChI=1S/C9H10O5S/c1-6(10)4-15(13)5-7-2-3-8(14-7)9(11)12/h2-3H,4-5H2,1H3,(H,11,12). The first-order valence-electron chi connectivity index (χ1n) is 4.15. The zero-order chi connectivity index (χ0) is 11.4. The smallest absolute Gasteiger partial charge is 0.371 e. The van der Waals surface area contributed by atoms with Gasteiger partial charge in [0.05, 0.1) is 11.5 Å². The molecule has 5 nitrogen and oxygen atoms in total. The van der Waals surface area contributed by atoms with Gasteiger partial charge in [0.1, 0.15) is 11.5 Å². The SMILES string of the molecule is CC(=O)CS(=O)Cc1ccc(C(=O)O)o1. The molecule has 0 saturated heterocycles. The van der Waals surface area contributed by atoms with Crippen LogP contribution in [0.3, 0.4) is 0 Å². The third-order valence-corrected chi connectivity index (χ3v) is 2.87. The van der Waals surface area contributed by atoms with Gasteiger partial charge in [0.15, 0.2) is 0 Å². The number of Topliss-reactive ketones (excluding diaryl/α,β-unsaturated/α-hetero) is 1. The number of hydrogen-bond acceptors (Lipinski definition) is 4. The van der Waals surface area contributed by atoms with E-state index >= 15 is 0 Å². The summed E-state index contributed by atoms with van der Waals surface area (Å²) in [5.74, 6) is -1.19. The van der Waals surface area contributed by atoms with E-state index in [0.29, 0.717) is 5.76 Å². The molecule has 6 heteroatoms. The Hall–Kier alpha value is -1.43. The van der Waals surface area contributed by atoms with Crippen molar-refractivity contribution in [2.75, 3.05) is 5.75 Å². The maximum Gasteiger partial charge on any atom is 0.371 e. The van der Waals surface area contributed by atoms with E-state index in [9.17, 15) is 13.8 Å². The van der Waals surface area contributed by atoms with Crippen LogP contribution >= 0.6 is 0 Å². The maximum absolute atomic E-state index is 11.3. The van der Waals surface area contributed by atoms with Gasteiger partial charge in [-0.15, -0.1) is 0 Å². The van der Waals surface area contributed by atoms with Crippen molar-refractivity contribution in [3.63, 3.8) is 0 Å². The normalized spacial score (nSPS) is 12.3. The summed E-state index contributed by atoms with van der Waals surface area (Å²) in [6, 6.07) is 2.74. The quantitative estimate of drug-likeness (QED) is 0.809. The van der Waals surface area contributed by atoms with Crippen LogP contribution in [0.4, 0.5) is 0 Å². The number of furan rings is 1. The number of ketones is 1. The Labute approximate surface area is 88.5 Å². The Morgan fingerprint density at radius 1 is 1.47 bits per heavy atom. The molecule has 0 aliphatic heterocycles. The Kier molecular flexibility index (Phi) is 3.79. The van der Waals surface area contributed by atoms with Crippen molar-refractivity contribution in [2.45, 2.75) is 12.7 Å². The second kappa shape index (κ2) is 4.88. The number of carboxylic acid groups (broad SMARTS) is 1. The second-order valence-electron chi connectivity index (χ2n) is 3.00. The molecule has 1 heterocycles. The predicted octanol–water partition coefficient (Wildman–Crippen LogP) is 0.816. The Bertz CT molecular complexity index is 406. The van der Waals surface area contributed by atoms with Gasteiger partial charge >= 0.3 is 5.97 Å². The maximum atomic E-state index is 11.3. The van der Waals surface area contributed by atoms with Gasteiger partial charge in [0, 0.05) is 10.8 Å². The largest absolute Gasteiger partial charge is 0.475 e. The summed E-state index contributed by atoms with van der Waals surface area (Å²) in [6.45, 7) is 1.35. The molecule has 0 saturated carbocycles. The fourth-order valence-electron chi connectivity index (χ4n) is 1.01. The van der Waals surface area contributed by atoms with E-state index in [0.717, 1.165) is 0 Å². The number of carbonyl (C=O) groups excluding carboxylic acids is 1. The van der Waals surface area contributed by atoms with Crippen LogP contribution < -0.4 is 0 Å². The van der Waals surface area contributed by atoms with Gasteiger partial charge in [0.25, 0.3) is 0 Å². The van der Waals surface area contributed by atoms with Gasteiger partial charge in [-0.3, -0.25) is 9.00 Å². The van der Waals surface area contributed by atoms with Crippen molar-refractivity contribution in [2.24, 2.45) is 0 Å². The Morgan fingerprint density at radius 2 is 2.13 bits per heavy atom. The van der Waals surface area contributed by atoms with E-state index in [4.69, 9.17) is 9.52 Å². The zero-order valence-corrected chi connectivity index (χ0v) is 8.87. The zero-order valence-electron chi connectivity index (χ0n) is 8.06. The lowest BCUT2D eigenvalue weighted by molar-refractivity contribution is -0.114. The lowest BCUT2D eigenvalue weighted by Gasteiger charge is -1.95. The highest BCUT2D eigenvalue weighted by molar-refractivity contribution is 7.84. The summed E-state index contributed by atoms with van der Waals surface area (Å²) in [6.07, 6.45) is 0. The van der Waals surface area contributed by atoms with Crippen molar-refractivity contribution >= 4 is 22.6 Å². The molecule has 1 atom stereocenters. The molecule has 0 fully saturated rings. The predicted molar refractivity (Wildman–Crippen MR) is 53.1 cm³/mol. The third-order valence-electron chi connectivity index (χ3n) is 1.54. The van der Waals surface area contributed by atoms with Crippen LogP contribution in [0.2, 0.25) is 0 Å². The van der Waals surface area contributed by atoms with E-state index in [1.54, 1.807) is 0 Å². The number of aromatic carboxylic acids is 1. The number of hydrogen-bond donors (Lipinski definition) is 1. The molecule has 0 spiro atoms. The summed E-state index contributed by atoms with van der Waals surface area (Å²) in [7, 11) is -1.34. The fourth-order valence-corrected chi connectivity index (χ4v) is 2.03. The molecule has 1 rings (SSSR count). The van der Waals surface area contributed by atoms with Crippen LogP contribution in [0.25, 0.3) is 0 Å². The van der Waals surface area contributed by atoms with Crippen molar-refractivity contribution in [3.05, 3.63) is 23.7 Å². The highest BCUT2D eigenvalue weighted by Gasteiger charge is 2.11. The minimum Gasteiger partial charge on any atom is -0.475 e. The van der Waals surface area contributed by atoms with Crippen LogP contribution in [0.5, 0.6) is 0 Å². The van der Waals surface area contributed by atoms with Crippen LogP contribution in [0.1, 0.15) is 23.2 Å². The van der Waals surface area contributed by atoms with E-state index in [2.05, 4.69) is 0 Å². The molecule has 0 bridgehead atoms. The van der Waals surface area contributed by atoms with Crippen LogP contribution in [-0.4, -0.2) is 26.8 Å². The molecule has 15 heavy (non-hydrogen) atoms. The van der Waals surface area contributed by atoms with E-state index < -0.39 is 16.8 Å². The monoisotopic (exact) mass is 230 g/mol. The van der Waals surface area contributed by atoms with Gasteiger partial charge in [-0.1, -0.05) is 0 Å². The summed E-state index contributed by atoms with van der Waals surface area (Å²) >= 11 is 0. The first-order chi connectivity index (χ1) is 6.99. The summed E-state index contributed by atoms with van der Waals surface area (Å²) in [5.41, 5.74) is 0. The summed E-state index contributed by atoms with van der Waals surface area (Å²) in [5, 5.41) is 8.55. The molecule has 0 radical (unpaired) electrons. The van der Waals surface area contributed by atoms with E-state index in [1.165, 1.54) is 19.1 Å². The van der Waals surface area contributed by atoms with Gasteiger partial charge in [-0.2, -0.15) is 0 Å². The first-order valence-corrected chi connectivity index (χ1v) is 5.64. The molecule has 0 aliphatic carbocycles. The highest BCUT2D eigenvalue weighted by atomic mass is 32.2. The molecular weight excluding hydrogens is 220 g/mol. The minimum absolute atomic E-state index is 0.0386. The molecule has 0 aromatic carbocycles. The molecule has 0 amide bonds. The Balaban J connectivity index is 2.61. The Morgan fingerprint density at radius 3 is 2.60 bits per heavy atom. The first kappa shape index (κ1) is 11.6. The number of carbonyl (C=O) groups is 2. The van der Waals surface area contributed by atoms with Crippen molar-refractivity contribution < 1.29 is 23.3 Å². The second-order valence-corrected chi connectivity index (χ2v) is 4.46. The highest BCUT2D eigenvalue weighted by Crippen LogP contribution is 2.10. The van der Waals surface area contributed by atoms with Gasteiger partial charge in [-0.05, 0) is 19.1 Å². The number of rotatable bonds is 5. The summed E-state index contributed by atoms with van der Waals surface area (Å²) < 4.78 is 16.2. The fraction of sp³-hybridized carbons (Fsp3) is 0.333.